The molecule has 1 atom stereocenters. The maximum Gasteiger partial charge on any atom is 0.315 e. The predicted molar refractivity (Wildman–Crippen MR) is 85.8 cm³/mol. The molecule has 1 heterocycles. The Kier molecular flexibility index (Phi) is 5.77. The lowest BCUT2D eigenvalue weighted by Gasteiger charge is -2.15. The number of carbonyl (C=O) groups is 1. The van der Waals surface area contributed by atoms with Crippen molar-refractivity contribution in [2.45, 2.75) is 25.9 Å². The highest BCUT2D eigenvalue weighted by atomic mass is 16.5. The molecule has 5 heteroatoms. The Hall–Kier alpha value is -2.56. The fourth-order valence-corrected chi connectivity index (χ4v) is 2.16. The summed E-state index contributed by atoms with van der Waals surface area (Å²) in [5, 5.41) is 5.77. The number of nitrogens with one attached hydrogen (secondary N) is 2. The number of benzene rings is 1. The topological polar surface area (TPSA) is 63.2 Å². The van der Waals surface area contributed by atoms with Gasteiger partial charge < -0.3 is 15.4 Å². The molecule has 0 bridgehead atoms. The van der Waals surface area contributed by atoms with Gasteiger partial charge in [0.1, 0.15) is 5.75 Å². The van der Waals surface area contributed by atoms with Crippen molar-refractivity contribution in [2.75, 3.05) is 7.11 Å². The lowest BCUT2D eigenvalue weighted by atomic mass is 10.1. The van der Waals surface area contributed by atoms with Crippen molar-refractivity contribution in [3.63, 3.8) is 0 Å². The highest BCUT2D eigenvalue weighted by Crippen LogP contribution is 2.13. The molecule has 0 aliphatic rings. The molecule has 0 unspecified atom stereocenters. The second-order valence-electron chi connectivity index (χ2n) is 5.14. The molecule has 5 nitrogen and oxygen atoms in total. The van der Waals surface area contributed by atoms with Gasteiger partial charge in [0.2, 0.25) is 0 Å². The molecule has 0 aliphatic carbocycles. The molecule has 0 saturated carbocycles. The third-order valence-electron chi connectivity index (χ3n) is 3.26. The monoisotopic (exact) mass is 299 g/mol. The van der Waals surface area contributed by atoms with Crippen LogP contribution in [0.1, 0.15) is 18.1 Å². The standard InChI is InChI=1S/C17H21N3O2/c1-13(10-15-4-3-5-16(11-15)22-2)20-17(21)19-12-14-6-8-18-9-7-14/h3-9,11,13H,10,12H2,1-2H3,(H2,19,20,21)/t13-/m1/s1. The fourth-order valence-electron chi connectivity index (χ4n) is 2.16. The molecular formula is C17H21N3O2. The fraction of sp³-hybridized carbons (Fsp3) is 0.294. The summed E-state index contributed by atoms with van der Waals surface area (Å²) < 4.78 is 5.20. The molecule has 2 amide bonds. The van der Waals surface area contributed by atoms with E-state index < -0.39 is 0 Å². The van der Waals surface area contributed by atoms with E-state index in [0.717, 1.165) is 23.3 Å². The minimum atomic E-state index is -0.174. The van der Waals surface area contributed by atoms with Crippen LogP contribution in [0.4, 0.5) is 4.79 Å². The van der Waals surface area contributed by atoms with E-state index >= 15 is 0 Å². The average molecular weight is 299 g/mol. The second-order valence-corrected chi connectivity index (χ2v) is 5.14. The molecular weight excluding hydrogens is 278 g/mol. The Balaban J connectivity index is 1.78. The third kappa shape index (κ3) is 5.09. The van der Waals surface area contributed by atoms with Crippen LogP contribution in [-0.4, -0.2) is 24.2 Å². The van der Waals surface area contributed by atoms with Crippen molar-refractivity contribution in [2.24, 2.45) is 0 Å². The van der Waals surface area contributed by atoms with Crippen LogP contribution in [0.25, 0.3) is 0 Å². The van der Waals surface area contributed by atoms with Crippen LogP contribution >= 0.6 is 0 Å². The number of nitrogens with zero attached hydrogens (tertiary/aromatic N) is 1. The number of urea groups is 1. The Morgan fingerprint density at radius 3 is 2.73 bits per heavy atom. The summed E-state index contributed by atoms with van der Waals surface area (Å²) in [5.41, 5.74) is 2.15. The number of hydrogen-bond donors (Lipinski definition) is 2. The molecule has 0 spiro atoms. The van der Waals surface area contributed by atoms with Crippen LogP contribution in [0.5, 0.6) is 5.75 Å². The SMILES string of the molecule is COc1cccc(C[C@@H](C)NC(=O)NCc2ccncc2)c1. The Bertz CT molecular complexity index is 602. The lowest BCUT2D eigenvalue weighted by Crippen LogP contribution is -2.41. The van der Waals surface area contributed by atoms with Gasteiger partial charge >= 0.3 is 6.03 Å². The van der Waals surface area contributed by atoms with Gasteiger partial charge in [0.15, 0.2) is 0 Å². The van der Waals surface area contributed by atoms with Gasteiger partial charge in [-0.3, -0.25) is 4.98 Å². The first-order valence-electron chi connectivity index (χ1n) is 7.23. The number of carbonyl (C=O) groups excluding carboxylic acids is 1. The highest BCUT2D eigenvalue weighted by molar-refractivity contribution is 5.74. The van der Waals surface area contributed by atoms with Gasteiger partial charge in [-0.2, -0.15) is 0 Å². The zero-order valence-electron chi connectivity index (χ0n) is 12.9. The molecule has 2 rings (SSSR count). The van der Waals surface area contributed by atoms with Crippen LogP contribution in [-0.2, 0) is 13.0 Å². The molecule has 22 heavy (non-hydrogen) atoms. The summed E-state index contributed by atoms with van der Waals surface area (Å²) >= 11 is 0. The van der Waals surface area contributed by atoms with E-state index in [4.69, 9.17) is 4.74 Å². The van der Waals surface area contributed by atoms with Crippen molar-refractivity contribution < 1.29 is 9.53 Å². The summed E-state index contributed by atoms with van der Waals surface area (Å²) in [5.74, 6) is 0.826. The number of methoxy groups -OCH3 is 1. The van der Waals surface area contributed by atoms with Crippen molar-refractivity contribution in [1.29, 1.82) is 0 Å². The first-order valence-corrected chi connectivity index (χ1v) is 7.23. The minimum absolute atomic E-state index is 0.0320. The summed E-state index contributed by atoms with van der Waals surface area (Å²) in [6, 6.07) is 11.5. The van der Waals surface area contributed by atoms with Crippen LogP contribution in [0, 0.1) is 0 Å². The zero-order valence-corrected chi connectivity index (χ0v) is 12.9. The van der Waals surface area contributed by atoms with E-state index in [1.807, 2.05) is 43.3 Å². The normalized spacial score (nSPS) is 11.5. The lowest BCUT2D eigenvalue weighted by molar-refractivity contribution is 0.237. The maximum atomic E-state index is 11.9. The van der Waals surface area contributed by atoms with Crippen molar-refractivity contribution >= 4 is 6.03 Å². The molecule has 0 fully saturated rings. The number of aromatic nitrogens is 1. The van der Waals surface area contributed by atoms with Gasteiger partial charge in [0.25, 0.3) is 0 Å². The third-order valence-corrected chi connectivity index (χ3v) is 3.26. The number of amides is 2. The van der Waals surface area contributed by atoms with Crippen molar-refractivity contribution in [1.82, 2.24) is 15.6 Å². The zero-order chi connectivity index (χ0) is 15.8. The number of ether oxygens (including phenoxy) is 1. The van der Waals surface area contributed by atoms with E-state index in [1.54, 1.807) is 19.5 Å². The number of hydrogen-bond acceptors (Lipinski definition) is 3. The predicted octanol–water partition coefficient (Wildman–Crippen LogP) is 2.52. The molecule has 0 saturated heterocycles. The van der Waals surface area contributed by atoms with Gasteiger partial charge in [0.05, 0.1) is 7.11 Å². The number of rotatable bonds is 6. The van der Waals surface area contributed by atoms with Crippen molar-refractivity contribution in [3.05, 3.63) is 59.9 Å². The minimum Gasteiger partial charge on any atom is -0.497 e. The van der Waals surface area contributed by atoms with Gasteiger partial charge in [0, 0.05) is 25.0 Å². The molecule has 0 radical (unpaired) electrons. The maximum absolute atomic E-state index is 11.9. The summed E-state index contributed by atoms with van der Waals surface area (Å²) in [6.45, 7) is 2.46. The van der Waals surface area contributed by atoms with Crippen LogP contribution in [0.3, 0.4) is 0 Å². The molecule has 2 aromatic rings. The van der Waals surface area contributed by atoms with E-state index in [1.165, 1.54) is 0 Å². The van der Waals surface area contributed by atoms with E-state index in [-0.39, 0.29) is 12.1 Å². The smallest absolute Gasteiger partial charge is 0.315 e. The summed E-state index contributed by atoms with van der Waals surface area (Å²) in [6.07, 6.45) is 4.17. The summed E-state index contributed by atoms with van der Waals surface area (Å²) in [4.78, 5) is 15.8. The summed E-state index contributed by atoms with van der Waals surface area (Å²) in [7, 11) is 1.65. The Morgan fingerprint density at radius 1 is 1.23 bits per heavy atom. The van der Waals surface area contributed by atoms with Crippen LogP contribution in [0.15, 0.2) is 48.8 Å². The van der Waals surface area contributed by atoms with Gasteiger partial charge in [-0.1, -0.05) is 12.1 Å². The van der Waals surface area contributed by atoms with E-state index in [0.29, 0.717) is 6.54 Å². The molecule has 0 aliphatic heterocycles. The first-order chi connectivity index (χ1) is 10.7. The highest BCUT2D eigenvalue weighted by Gasteiger charge is 2.08. The molecule has 1 aromatic heterocycles. The van der Waals surface area contributed by atoms with Gasteiger partial charge in [-0.05, 0) is 48.7 Å². The van der Waals surface area contributed by atoms with Crippen LogP contribution in [0.2, 0.25) is 0 Å². The van der Waals surface area contributed by atoms with E-state index in [9.17, 15) is 4.79 Å². The molecule has 2 N–H and O–H groups in total. The molecule has 116 valence electrons. The van der Waals surface area contributed by atoms with Gasteiger partial charge in [-0.15, -0.1) is 0 Å². The van der Waals surface area contributed by atoms with Crippen LogP contribution < -0.4 is 15.4 Å². The quantitative estimate of drug-likeness (QED) is 0.861. The first kappa shape index (κ1) is 15.8. The van der Waals surface area contributed by atoms with Gasteiger partial charge in [-0.25, -0.2) is 4.79 Å². The van der Waals surface area contributed by atoms with E-state index in [2.05, 4.69) is 15.6 Å². The number of pyridine rings is 1. The largest absolute Gasteiger partial charge is 0.497 e. The molecule has 1 aromatic carbocycles. The Morgan fingerprint density at radius 2 is 2.00 bits per heavy atom. The van der Waals surface area contributed by atoms with Crippen molar-refractivity contribution in [3.8, 4) is 5.75 Å². The average Bonchev–Trinajstić information content (AvgIpc) is 2.54. The Labute approximate surface area is 130 Å². The second kappa shape index (κ2) is 8.02.